The topological polar surface area (TPSA) is 91.5 Å². The van der Waals surface area contributed by atoms with Crippen LogP contribution in [-0.2, 0) is 13.6 Å². The Morgan fingerprint density at radius 3 is 2.48 bits per heavy atom. The summed E-state index contributed by atoms with van der Waals surface area (Å²) in [4.78, 5) is 37.9. The first-order valence-electron chi connectivity index (χ1n) is 7.43. The van der Waals surface area contributed by atoms with Crippen LogP contribution in [0.15, 0.2) is 9.59 Å². The maximum atomic E-state index is 12.4. The molecule has 2 heterocycles. The predicted molar refractivity (Wildman–Crippen MR) is 79.8 cm³/mol. The number of nitrogens with one attached hydrogen (secondary N) is 1. The SMILES string of the molecule is CCCn1c(N)c(C(=O)C[NH+]2CCCC2)c(=O)n(C)c1=O. The maximum absolute atomic E-state index is 12.4. The summed E-state index contributed by atoms with van der Waals surface area (Å²) in [7, 11) is 1.38. The first kappa shape index (κ1) is 15.5. The smallest absolute Gasteiger partial charge is 0.332 e. The Labute approximate surface area is 123 Å². The van der Waals surface area contributed by atoms with Gasteiger partial charge in [0.2, 0.25) is 5.78 Å². The van der Waals surface area contributed by atoms with Crippen molar-refractivity contribution in [2.24, 2.45) is 7.05 Å². The van der Waals surface area contributed by atoms with Crippen LogP contribution in [0.25, 0.3) is 0 Å². The lowest BCUT2D eigenvalue weighted by Gasteiger charge is -2.15. The van der Waals surface area contributed by atoms with Gasteiger partial charge in [0.15, 0.2) is 0 Å². The molecule has 0 atom stereocenters. The van der Waals surface area contributed by atoms with E-state index in [0.717, 1.165) is 30.5 Å². The molecule has 1 aromatic heterocycles. The molecule has 0 aliphatic carbocycles. The van der Waals surface area contributed by atoms with E-state index in [-0.39, 0.29) is 23.7 Å². The van der Waals surface area contributed by atoms with Gasteiger partial charge in [0, 0.05) is 26.4 Å². The van der Waals surface area contributed by atoms with E-state index in [0.29, 0.717) is 13.0 Å². The summed E-state index contributed by atoms with van der Waals surface area (Å²) in [6, 6.07) is 0. The molecule has 1 aromatic rings. The lowest BCUT2D eigenvalue weighted by molar-refractivity contribution is -0.878. The molecule has 1 fully saturated rings. The second-order valence-electron chi connectivity index (χ2n) is 5.62. The third-order valence-corrected chi connectivity index (χ3v) is 4.03. The molecule has 1 aliphatic rings. The molecule has 0 amide bonds. The zero-order chi connectivity index (χ0) is 15.6. The second kappa shape index (κ2) is 6.26. The average Bonchev–Trinajstić information content (AvgIpc) is 2.94. The summed E-state index contributed by atoms with van der Waals surface area (Å²) in [5, 5.41) is 0. The number of rotatable bonds is 5. The van der Waals surface area contributed by atoms with Crippen molar-refractivity contribution in [3.05, 3.63) is 26.4 Å². The van der Waals surface area contributed by atoms with Gasteiger partial charge in [-0.25, -0.2) is 4.79 Å². The van der Waals surface area contributed by atoms with Crippen molar-refractivity contribution in [3.63, 3.8) is 0 Å². The molecule has 0 unspecified atom stereocenters. The number of ketones is 1. The van der Waals surface area contributed by atoms with Gasteiger partial charge in [-0.1, -0.05) is 6.92 Å². The number of nitrogen functional groups attached to an aromatic ring is 1. The fourth-order valence-corrected chi connectivity index (χ4v) is 2.85. The number of nitrogens with two attached hydrogens (primary N) is 1. The van der Waals surface area contributed by atoms with Gasteiger partial charge in [-0.3, -0.25) is 18.7 Å². The van der Waals surface area contributed by atoms with Crippen molar-refractivity contribution in [2.45, 2.75) is 32.7 Å². The lowest BCUT2D eigenvalue weighted by atomic mass is 10.1. The van der Waals surface area contributed by atoms with Gasteiger partial charge in [-0.2, -0.15) is 0 Å². The molecule has 2 rings (SSSR count). The third kappa shape index (κ3) is 2.92. The van der Waals surface area contributed by atoms with Crippen molar-refractivity contribution in [2.75, 3.05) is 25.4 Å². The molecule has 7 heteroatoms. The minimum absolute atomic E-state index is 0.00791. The molecule has 1 aliphatic heterocycles. The van der Waals surface area contributed by atoms with E-state index in [2.05, 4.69) is 0 Å². The van der Waals surface area contributed by atoms with E-state index in [1.807, 2.05) is 6.92 Å². The van der Waals surface area contributed by atoms with Gasteiger partial charge in [-0.15, -0.1) is 0 Å². The monoisotopic (exact) mass is 295 g/mol. The van der Waals surface area contributed by atoms with Crippen molar-refractivity contribution >= 4 is 11.6 Å². The first-order valence-corrected chi connectivity index (χ1v) is 7.43. The molecular weight excluding hydrogens is 272 g/mol. The Morgan fingerprint density at radius 1 is 1.29 bits per heavy atom. The normalized spacial score (nSPS) is 15.5. The zero-order valence-corrected chi connectivity index (χ0v) is 12.6. The molecule has 0 radical (unpaired) electrons. The number of nitrogens with zero attached hydrogens (tertiary/aromatic N) is 2. The summed E-state index contributed by atoms with van der Waals surface area (Å²) in [6.07, 6.45) is 2.91. The lowest BCUT2D eigenvalue weighted by Crippen LogP contribution is -3.10. The third-order valence-electron chi connectivity index (χ3n) is 4.03. The fourth-order valence-electron chi connectivity index (χ4n) is 2.85. The van der Waals surface area contributed by atoms with Crippen LogP contribution in [0.2, 0.25) is 0 Å². The van der Waals surface area contributed by atoms with Crippen molar-refractivity contribution < 1.29 is 9.69 Å². The van der Waals surface area contributed by atoms with E-state index in [4.69, 9.17) is 5.73 Å². The molecule has 0 spiro atoms. The molecule has 116 valence electrons. The summed E-state index contributed by atoms with van der Waals surface area (Å²) in [6.45, 7) is 4.47. The van der Waals surface area contributed by atoms with Gasteiger partial charge in [-0.05, 0) is 6.42 Å². The van der Waals surface area contributed by atoms with Crippen molar-refractivity contribution in [1.29, 1.82) is 0 Å². The molecule has 0 saturated carbocycles. The van der Waals surface area contributed by atoms with Crippen molar-refractivity contribution in [1.82, 2.24) is 9.13 Å². The van der Waals surface area contributed by atoms with Crippen LogP contribution in [0.4, 0.5) is 5.82 Å². The number of aromatic nitrogens is 2. The second-order valence-corrected chi connectivity index (χ2v) is 5.62. The largest absolute Gasteiger partial charge is 0.384 e. The molecule has 0 bridgehead atoms. The molecule has 1 saturated heterocycles. The van der Waals surface area contributed by atoms with E-state index in [9.17, 15) is 14.4 Å². The average molecular weight is 295 g/mol. The van der Waals surface area contributed by atoms with Gasteiger partial charge in [0.1, 0.15) is 17.9 Å². The van der Waals surface area contributed by atoms with E-state index in [1.54, 1.807) is 0 Å². The van der Waals surface area contributed by atoms with Crippen LogP contribution in [0.5, 0.6) is 0 Å². The highest BCUT2D eigenvalue weighted by Crippen LogP contribution is 2.06. The van der Waals surface area contributed by atoms with Gasteiger partial charge >= 0.3 is 5.69 Å². The minimum Gasteiger partial charge on any atom is -0.384 e. The van der Waals surface area contributed by atoms with Crippen LogP contribution >= 0.6 is 0 Å². The van der Waals surface area contributed by atoms with Crippen LogP contribution < -0.4 is 21.9 Å². The van der Waals surface area contributed by atoms with Crippen LogP contribution in [0.1, 0.15) is 36.5 Å². The first-order chi connectivity index (χ1) is 9.97. The quantitative estimate of drug-likeness (QED) is 0.640. The highest BCUT2D eigenvalue weighted by molar-refractivity contribution is 6.00. The fraction of sp³-hybridized carbons (Fsp3) is 0.643. The molecule has 7 nitrogen and oxygen atoms in total. The molecular formula is C14H23N4O3+. The Bertz CT molecular complexity index is 653. The van der Waals surface area contributed by atoms with Gasteiger partial charge in [0.05, 0.1) is 13.1 Å². The highest BCUT2D eigenvalue weighted by atomic mass is 16.2. The standard InChI is InChI=1S/C14H22N4O3/c1-3-6-18-12(15)11(13(20)16(2)14(18)21)10(19)9-17-7-4-5-8-17/h3-9,15H2,1-2H3/p+1. The van der Waals surface area contributed by atoms with Gasteiger partial charge in [0.25, 0.3) is 5.56 Å². The summed E-state index contributed by atoms with van der Waals surface area (Å²) < 4.78 is 2.28. The number of carbonyl (C=O) groups is 1. The Hall–Kier alpha value is -1.89. The minimum atomic E-state index is -0.589. The highest BCUT2D eigenvalue weighted by Gasteiger charge is 2.26. The molecule has 0 aromatic carbocycles. The van der Waals surface area contributed by atoms with E-state index < -0.39 is 11.2 Å². The Balaban J connectivity index is 2.44. The number of hydrogen-bond acceptors (Lipinski definition) is 4. The van der Waals surface area contributed by atoms with Crippen molar-refractivity contribution in [3.8, 4) is 0 Å². The van der Waals surface area contributed by atoms with Crippen LogP contribution in [-0.4, -0.2) is 34.6 Å². The number of carbonyl (C=O) groups excluding carboxylic acids is 1. The van der Waals surface area contributed by atoms with E-state index in [1.165, 1.54) is 16.5 Å². The van der Waals surface area contributed by atoms with Crippen LogP contribution in [0.3, 0.4) is 0 Å². The molecule has 21 heavy (non-hydrogen) atoms. The van der Waals surface area contributed by atoms with Gasteiger partial charge < -0.3 is 10.6 Å². The number of Topliss-reactive ketones (excluding diaryl/α,β-unsaturated/α-hetero) is 1. The zero-order valence-electron chi connectivity index (χ0n) is 12.6. The number of hydrogen-bond donors (Lipinski definition) is 2. The Morgan fingerprint density at radius 2 is 1.90 bits per heavy atom. The summed E-state index contributed by atoms with van der Waals surface area (Å²) >= 11 is 0. The summed E-state index contributed by atoms with van der Waals surface area (Å²) in [5.41, 5.74) is 4.84. The van der Waals surface area contributed by atoms with E-state index >= 15 is 0 Å². The maximum Gasteiger partial charge on any atom is 0.332 e. The number of anilines is 1. The van der Waals surface area contributed by atoms with Crippen LogP contribution in [0, 0.1) is 0 Å². The predicted octanol–water partition coefficient (Wildman–Crippen LogP) is -1.60. The molecule has 3 N–H and O–H groups in total. The number of likely N-dealkylation sites (tertiary alicyclic amines) is 1. The summed E-state index contributed by atoms with van der Waals surface area (Å²) in [5.74, 6) is -0.261. The Kier molecular flexibility index (Phi) is 4.62. The number of quaternary nitrogens is 1.